The quantitative estimate of drug-likeness (QED) is 0.714. The highest BCUT2D eigenvalue weighted by Crippen LogP contribution is 2.30. The van der Waals surface area contributed by atoms with Gasteiger partial charge in [0.15, 0.2) is 0 Å². The minimum atomic E-state index is -0.567. The molecule has 3 nitrogen and oxygen atoms in total. The van der Waals surface area contributed by atoms with Crippen LogP contribution < -0.4 is 5.32 Å². The molecular formula is C16H25NO2. The van der Waals surface area contributed by atoms with Gasteiger partial charge in [-0.25, -0.2) is 0 Å². The van der Waals surface area contributed by atoms with Crippen molar-refractivity contribution in [3.05, 3.63) is 35.4 Å². The molecule has 1 aliphatic rings. The second-order valence-corrected chi connectivity index (χ2v) is 5.59. The van der Waals surface area contributed by atoms with Gasteiger partial charge in [0.1, 0.15) is 0 Å². The van der Waals surface area contributed by atoms with E-state index in [1.807, 2.05) is 6.92 Å². The van der Waals surface area contributed by atoms with Crippen molar-refractivity contribution in [2.45, 2.75) is 50.6 Å². The third-order valence-electron chi connectivity index (χ3n) is 4.38. The molecule has 0 radical (unpaired) electrons. The van der Waals surface area contributed by atoms with Crippen molar-refractivity contribution in [2.24, 2.45) is 0 Å². The molecular weight excluding hydrogens is 238 g/mol. The van der Waals surface area contributed by atoms with Gasteiger partial charge in [0.2, 0.25) is 0 Å². The van der Waals surface area contributed by atoms with E-state index in [1.54, 1.807) is 0 Å². The number of benzene rings is 1. The third-order valence-corrected chi connectivity index (χ3v) is 4.38. The summed E-state index contributed by atoms with van der Waals surface area (Å²) in [6, 6.07) is 8.77. The molecule has 0 heterocycles. The van der Waals surface area contributed by atoms with Crippen molar-refractivity contribution in [3.8, 4) is 0 Å². The van der Waals surface area contributed by atoms with Gasteiger partial charge in [-0.2, -0.15) is 0 Å². The molecule has 1 aliphatic carbocycles. The molecule has 0 aliphatic heterocycles. The highest BCUT2D eigenvalue weighted by atomic mass is 16.3. The summed E-state index contributed by atoms with van der Waals surface area (Å²) < 4.78 is 0. The predicted molar refractivity (Wildman–Crippen MR) is 77.1 cm³/mol. The number of aliphatic hydroxyl groups is 2. The van der Waals surface area contributed by atoms with Crippen LogP contribution in [0.5, 0.6) is 0 Å². The van der Waals surface area contributed by atoms with Crippen LogP contribution in [0.3, 0.4) is 0 Å². The summed E-state index contributed by atoms with van der Waals surface area (Å²) >= 11 is 0. The summed E-state index contributed by atoms with van der Waals surface area (Å²) in [6.07, 6.45) is 5.32. The molecule has 106 valence electrons. The zero-order chi connectivity index (χ0) is 13.7. The number of nitrogens with one attached hydrogen (secondary N) is 1. The molecule has 19 heavy (non-hydrogen) atoms. The lowest BCUT2D eigenvalue weighted by Gasteiger charge is -2.35. The van der Waals surface area contributed by atoms with Crippen LogP contribution >= 0.6 is 0 Å². The fourth-order valence-corrected chi connectivity index (χ4v) is 2.91. The average Bonchev–Trinajstić information content (AvgIpc) is 2.67. The number of hydrogen-bond acceptors (Lipinski definition) is 3. The number of fused-ring (bicyclic) bond motifs is 1. The Balaban J connectivity index is 2.24. The van der Waals surface area contributed by atoms with Crippen LogP contribution in [0.4, 0.5) is 0 Å². The SMILES string of the molecule is CCC(CO)(CO)NC1CCCCc2ccccc21. The van der Waals surface area contributed by atoms with Crippen LogP contribution in [0.1, 0.15) is 49.8 Å². The van der Waals surface area contributed by atoms with E-state index in [0.717, 1.165) is 19.3 Å². The molecule has 1 aromatic carbocycles. The monoisotopic (exact) mass is 263 g/mol. The molecule has 2 rings (SSSR count). The first-order valence-electron chi connectivity index (χ1n) is 7.32. The van der Waals surface area contributed by atoms with Crippen LogP contribution in [0.2, 0.25) is 0 Å². The van der Waals surface area contributed by atoms with E-state index in [0.29, 0.717) is 0 Å². The lowest BCUT2D eigenvalue weighted by molar-refractivity contribution is 0.0762. The second-order valence-electron chi connectivity index (χ2n) is 5.59. The highest BCUT2D eigenvalue weighted by molar-refractivity contribution is 5.31. The maximum Gasteiger partial charge on any atom is 0.0650 e. The molecule has 0 saturated carbocycles. The van der Waals surface area contributed by atoms with Crippen molar-refractivity contribution < 1.29 is 10.2 Å². The fraction of sp³-hybridized carbons (Fsp3) is 0.625. The second kappa shape index (κ2) is 6.51. The van der Waals surface area contributed by atoms with Gasteiger partial charge in [0, 0.05) is 6.04 Å². The van der Waals surface area contributed by atoms with E-state index in [1.165, 1.54) is 24.0 Å². The number of hydrogen-bond donors (Lipinski definition) is 3. The zero-order valence-corrected chi connectivity index (χ0v) is 11.7. The van der Waals surface area contributed by atoms with Gasteiger partial charge in [-0.15, -0.1) is 0 Å². The van der Waals surface area contributed by atoms with Crippen molar-refractivity contribution in [3.63, 3.8) is 0 Å². The van der Waals surface area contributed by atoms with Crippen LogP contribution in [0.25, 0.3) is 0 Å². The Morgan fingerprint density at radius 2 is 1.95 bits per heavy atom. The van der Waals surface area contributed by atoms with E-state index in [2.05, 4.69) is 29.6 Å². The maximum atomic E-state index is 9.60. The Morgan fingerprint density at radius 1 is 1.21 bits per heavy atom. The molecule has 1 aromatic rings. The molecule has 1 atom stereocenters. The molecule has 0 saturated heterocycles. The Bertz CT molecular complexity index is 393. The first-order valence-corrected chi connectivity index (χ1v) is 7.32. The lowest BCUT2D eigenvalue weighted by atomic mass is 9.92. The lowest BCUT2D eigenvalue weighted by Crippen LogP contribution is -2.52. The first-order chi connectivity index (χ1) is 9.24. The molecule has 1 unspecified atom stereocenters. The van der Waals surface area contributed by atoms with Crippen LogP contribution in [0, 0.1) is 0 Å². The number of aliphatic hydroxyl groups excluding tert-OH is 2. The van der Waals surface area contributed by atoms with Crippen molar-refractivity contribution >= 4 is 0 Å². The molecule has 0 spiro atoms. The molecule has 0 amide bonds. The summed E-state index contributed by atoms with van der Waals surface area (Å²) in [5, 5.41) is 22.7. The molecule has 0 aromatic heterocycles. The smallest absolute Gasteiger partial charge is 0.0650 e. The van der Waals surface area contributed by atoms with Gasteiger partial charge in [-0.05, 0) is 36.8 Å². The van der Waals surface area contributed by atoms with Crippen LogP contribution in [-0.2, 0) is 6.42 Å². The first kappa shape index (κ1) is 14.5. The van der Waals surface area contributed by atoms with E-state index >= 15 is 0 Å². The Kier molecular flexibility index (Phi) is 4.97. The van der Waals surface area contributed by atoms with Crippen LogP contribution in [0.15, 0.2) is 24.3 Å². The topological polar surface area (TPSA) is 52.5 Å². The Morgan fingerprint density at radius 3 is 2.63 bits per heavy atom. The normalized spacial score (nSPS) is 19.8. The minimum Gasteiger partial charge on any atom is -0.394 e. The van der Waals surface area contributed by atoms with E-state index in [9.17, 15) is 10.2 Å². The maximum absolute atomic E-state index is 9.60. The molecule has 3 heteroatoms. The van der Waals surface area contributed by atoms with E-state index in [4.69, 9.17) is 0 Å². The van der Waals surface area contributed by atoms with Crippen LogP contribution in [-0.4, -0.2) is 29.0 Å². The van der Waals surface area contributed by atoms with Crippen molar-refractivity contribution in [1.82, 2.24) is 5.32 Å². The fourth-order valence-electron chi connectivity index (χ4n) is 2.91. The standard InChI is InChI=1S/C16H25NO2/c1-2-16(11-18,12-19)17-15-10-6-4-8-13-7-3-5-9-14(13)15/h3,5,7,9,15,17-19H,2,4,6,8,10-12H2,1H3. The van der Waals surface area contributed by atoms with Gasteiger partial charge in [0.05, 0.1) is 18.8 Å². The molecule has 0 bridgehead atoms. The number of aryl methyl sites for hydroxylation is 1. The Hall–Kier alpha value is -0.900. The number of rotatable bonds is 5. The third kappa shape index (κ3) is 3.16. The zero-order valence-electron chi connectivity index (χ0n) is 11.7. The van der Waals surface area contributed by atoms with Crippen molar-refractivity contribution in [2.75, 3.05) is 13.2 Å². The van der Waals surface area contributed by atoms with E-state index in [-0.39, 0.29) is 19.3 Å². The summed E-state index contributed by atoms with van der Waals surface area (Å²) in [4.78, 5) is 0. The van der Waals surface area contributed by atoms with Gasteiger partial charge in [-0.1, -0.05) is 37.6 Å². The van der Waals surface area contributed by atoms with Gasteiger partial charge >= 0.3 is 0 Å². The van der Waals surface area contributed by atoms with Gasteiger partial charge < -0.3 is 15.5 Å². The minimum absolute atomic E-state index is 0.0291. The highest BCUT2D eigenvalue weighted by Gasteiger charge is 2.31. The Labute approximate surface area is 115 Å². The summed E-state index contributed by atoms with van der Waals surface area (Å²) in [5.41, 5.74) is 2.17. The summed E-state index contributed by atoms with van der Waals surface area (Å²) in [5.74, 6) is 0. The summed E-state index contributed by atoms with van der Waals surface area (Å²) in [6.45, 7) is 1.94. The average molecular weight is 263 g/mol. The van der Waals surface area contributed by atoms with Crippen molar-refractivity contribution in [1.29, 1.82) is 0 Å². The van der Waals surface area contributed by atoms with E-state index < -0.39 is 5.54 Å². The molecule has 3 N–H and O–H groups in total. The largest absolute Gasteiger partial charge is 0.394 e. The summed E-state index contributed by atoms with van der Waals surface area (Å²) in [7, 11) is 0. The predicted octanol–water partition coefficient (Wildman–Crippen LogP) is 2.18. The van der Waals surface area contributed by atoms with Gasteiger partial charge in [-0.3, -0.25) is 0 Å². The molecule has 0 fully saturated rings. The van der Waals surface area contributed by atoms with Gasteiger partial charge in [0.25, 0.3) is 0 Å².